The van der Waals surface area contributed by atoms with E-state index in [-0.39, 0.29) is 32.6 Å². The maximum atomic E-state index is 14.4. The largest absolute Gasteiger partial charge is 0.471 e. The number of hydrogen-bond donors (Lipinski definition) is 1. The molecule has 3 heterocycles. The van der Waals surface area contributed by atoms with Gasteiger partial charge in [0.25, 0.3) is 5.56 Å². The number of ether oxygens (including phenoxy) is 2. The molecule has 14 nitrogen and oxygen atoms in total. The highest BCUT2D eigenvalue weighted by molar-refractivity contribution is 7.92. The van der Waals surface area contributed by atoms with Crippen molar-refractivity contribution in [2.45, 2.75) is 31.8 Å². The number of rotatable bonds is 11. The van der Waals surface area contributed by atoms with E-state index >= 15 is 0 Å². The van der Waals surface area contributed by atoms with Crippen LogP contribution in [0.15, 0.2) is 47.3 Å². The van der Waals surface area contributed by atoms with Crippen molar-refractivity contribution in [1.29, 1.82) is 0 Å². The first-order valence-electron chi connectivity index (χ1n) is 14.5. The predicted molar refractivity (Wildman–Crippen MR) is 172 cm³/mol. The number of aromatic nitrogens is 5. The van der Waals surface area contributed by atoms with E-state index in [2.05, 4.69) is 15.1 Å². The Bertz CT molecular complexity index is 2410. The average molecular weight is 776 g/mol. The molecule has 0 saturated heterocycles. The van der Waals surface area contributed by atoms with Gasteiger partial charge in [-0.05, 0) is 35.9 Å². The molecule has 0 radical (unpaired) electrons. The molecule has 22 heteroatoms. The lowest BCUT2D eigenvalue weighted by Gasteiger charge is -2.22. The molecule has 2 N–H and O–H groups in total. The molecule has 0 spiro atoms. The normalized spacial score (nSPS) is 12.8. The first kappa shape index (κ1) is 37.8. The Labute approximate surface area is 293 Å². The van der Waals surface area contributed by atoms with E-state index in [1.54, 1.807) is 0 Å². The van der Waals surface area contributed by atoms with Crippen molar-refractivity contribution in [3.05, 3.63) is 80.9 Å². The van der Waals surface area contributed by atoms with E-state index < -0.39 is 93.9 Å². The Hall–Kier alpha value is -5.44. The molecular weight excluding hydrogens is 752 g/mol. The van der Waals surface area contributed by atoms with E-state index in [4.69, 9.17) is 26.8 Å². The van der Waals surface area contributed by atoms with Crippen LogP contribution in [0.2, 0.25) is 5.02 Å². The van der Waals surface area contributed by atoms with Gasteiger partial charge in [-0.25, -0.2) is 35.8 Å². The topological polar surface area (TPSA) is 182 Å². The Balaban J connectivity index is 1.84. The lowest BCUT2D eigenvalue weighted by atomic mass is 10.1. The van der Waals surface area contributed by atoms with Crippen molar-refractivity contribution in [3.63, 3.8) is 0 Å². The van der Waals surface area contributed by atoms with E-state index in [9.17, 15) is 49.1 Å². The fourth-order valence-electron chi connectivity index (χ4n) is 5.30. The van der Waals surface area contributed by atoms with Crippen LogP contribution in [-0.4, -0.2) is 69.9 Å². The molecule has 0 saturated carbocycles. The molecule has 5 rings (SSSR count). The molecule has 0 fully saturated rings. The summed E-state index contributed by atoms with van der Waals surface area (Å²) >= 11 is 6.51. The van der Waals surface area contributed by atoms with Crippen molar-refractivity contribution in [2.75, 3.05) is 17.2 Å². The van der Waals surface area contributed by atoms with Crippen LogP contribution >= 0.6 is 11.6 Å². The number of alkyl halides is 4. The average Bonchev–Trinajstić information content (AvgIpc) is 3.35. The van der Waals surface area contributed by atoms with Gasteiger partial charge in [0.1, 0.15) is 11.6 Å². The standard InChI is InChI=1S/C30H24ClF6N7O7S/c1-13(45)44(52(3,48)49)26-22-18(31)5-6-19(23(22)42(2)41-26)43-25(20(51-29(38)47)10-14-8-15(32)11-16(33)9-14)40-24-17(27(43)46)4-7-21(39-24)50-12-30(36,37)28(34)35/h4-9,11,20,28H,10,12H2,1-3H3,(H2,38,47). The number of sulfonamides is 1. The van der Waals surface area contributed by atoms with Gasteiger partial charge in [-0.15, -0.1) is 0 Å². The first-order valence-corrected chi connectivity index (χ1v) is 16.7. The number of benzene rings is 2. The van der Waals surface area contributed by atoms with Gasteiger partial charge < -0.3 is 15.2 Å². The van der Waals surface area contributed by atoms with E-state index in [0.717, 1.165) is 46.7 Å². The minimum absolute atomic E-state index is 0.0846. The van der Waals surface area contributed by atoms with E-state index in [1.165, 1.54) is 19.2 Å². The van der Waals surface area contributed by atoms with Crippen molar-refractivity contribution in [3.8, 4) is 11.6 Å². The zero-order valence-corrected chi connectivity index (χ0v) is 28.4. The number of pyridine rings is 1. The number of hydrogen-bond acceptors (Lipinski definition) is 10. The lowest BCUT2D eigenvalue weighted by Crippen LogP contribution is -2.34. The minimum atomic E-state index is -4.57. The SMILES string of the molecule is CC(=O)N(c1nn(C)c2c(-n3c(C(Cc4cc(F)cc(F)c4)OC(N)=O)nc4nc(OCC(F)(F)C(F)F)ccc4c3=O)ccc(Cl)c12)S(C)(=O)=O. The summed E-state index contributed by atoms with van der Waals surface area (Å²) in [5.74, 6) is -9.27. The zero-order chi connectivity index (χ0) is 38.4. The maximum Gasteiger partial charge on any atom is 0.405 e. The highest BCUT2D eigenvalue weighted by atomic mass is 35.5. The molecule has 3 aromatic heterocycles. The minimum Gasteiger partial charge on any atom is -0.471 e. The summed E-state index contributed by atoms with van der Waals surface area (Å²) < 4.78 is 119. The Morgan fingerprint density at radius 2 is 1.73 bits per heavy atom. The summed E-state index contributed by atoms with van der Waals surface area (Å²) in [4.78, 5) is 47.3. The van der Waals surface area contributed by atoms with E-state index in [0.29, 0.717) is 10.4 Å². The molecule has 0 aliphatic carbocycles. The third-order valence-electron chi connectivity index (χ3n) is 7.30. The fourth-order valence-corrected chi connectivity index (χ4v) is 6.44. The second-order valence-corrected chi connectivity index (χ2v) is 13.4. The maximum absolute atomic E-state index is 14.4. The Kier molecular flexibility index (Phi) is 10.1. The Morgan fingerprint density at radius 3 is 2.31 bits per heavy atom. The number of halogens is 7. The van der Waals surface area contributed by atoms with Crippen LogP contribution in [0.25, 0.3) is 27.6 Å². The van der Waals surface area contributed by atoms with Gasteiger partial charge in [-0.1, -0.05) is 11.6 Å². The number of carbonyl (C=O) groups is 2. The van der Waals surface area contributed by atoms with Gasteiger partial charge in [0.2, 0.25) is 21.8 Å². The van der Waals surface area contributed by atoms with Gasteiger partial charge in [-0.3, -0.25) is 18.8 Å². The predicted octanol–water partition coefficient (Wildman–Crippen LogP) is 4.57. The van der Waals surface area contributed by atoms with Gasteiger partial charge in [0, 0.05) is 32.5 Å². The molecule has 0 aliphatic rings. The number of primary amides is 1. The number of carbonyl (C=O) groups excluding carboxylic acids is 2. The quantitative estimate of drug-likeness (QED) is 0.187. The molecule has 276 valence electrons. The van der Waals surface area contributed by atoms with Gasteiger partial charge in [0.05, 0.1) is 33.3 Å². The van der Waals surface area contributed by atoms with E-state index in [1.807, 2.05) is 0 Å². The van der Waals surface area contributed by atoms with Crippen LogP contribution in [-0.2, 0) is 33.0 Å². The number of amides is 2. The van der Waals surface area contributed by atoms with Crippen LogP contribution in [0.5, 0.6) is 5.88 Å². The lowest BCUT2D eigenvalue weighted by molar-refractivity contribution is -0.148. The molecule has 52 heavy (non-hydrogen) atoms. The molecule has 0 bridgehead atoms. The van der Waals surface area contributed by atoms with Crippen LogP contribution in [0.1, 0.15) is 24.4 Å². The van der Waals surface area contributed by atoms with Crippen molar-refractivity contribution >= 4 is 61.4 Å². The number of anilines is 1. The summed E-state index contributed by atoms with van der Waals surface area (Å²) in [5, 5.41) is 3.55. The smallest absolute Gasteiger partial charge is 0.405 e. The van der Waals surface area contributed by atoms with Crippen molar-refractivity contribution in [1.82, 2.24) is 24.3 Å². The first-order chi connectivity index (χ1) is 24.2. The van der Waals surface area contributed by atoms with Gasteiger partial charge in [0.15, 0.2) is 30.0 Å². The van der Waals surface area contributed by atoms with Crippen LogP contribution in [0, 0.1) is 11.6 Å². The number of nitrogens with two attached hydrogens (primary N) is 1. The van der Waals surface area contributed by atoms with Crippen LogP contribution in [0.4, 0.5) is 37.0 Å². The summed E-state index contributed by atoms with van der Waals surface area (Å²) in [6.07, 6.45) is -7.15. The molecule has 0 aliphatic heterocycles. The van der Waals surface area contributed by atoms with Crippen LogP contribution in [0.3, 0.4) is 0 Å². The molecule has 2 amide bonds. The monoisotopic (exact) mass is 775 g/mol. The number of nitrogens with zero attached hydrogens (tertiary/aromatic N) is 6. The second-order valence-electron chi connectivity index (χ2n) is 11.2. The number of fused-ring (bicyclic) bond motifs is 2. The summed E-state index contributed by atoms with van der Waals surface area (Å²) in [6, 6.07) is 6.73. The molecule has 2 aromatic carbocycles. The molecule has 5 aromatic rings. The molecule has 1 unspecified atom stereocenters. The van der Waals surface area contributed by atoms with Crippen molar-refractivity contribution < 1.29 is 53.8 Å². The van der Waals surface area contributed by atoms with Crippen molar-refractivity contribution in [2.24, 2.45) is 12.8 Å². The highest BCUT2D eigenvalue weighted by Gasteiger charge is 2.42. The second kappa shape index (κ2) is 13.9. The molecule has 1 atom stereocenters. The van der Waals surface area contributed by atoms with Gasteiger partial charge >= 0.3 is 18.4 Å². The molecular formula is C30H24ClF6N7O7S. The fraction of sp³-hybridized carbons (Fsp3) is 0.267. The third kappa shape index (κ3) is 7.45. The van der Waals surface area contributed by atoms with Crippen LogP contribution < -0.4 is 20.3 Å². The van der Waals surface area contributed by atoms with Gasteiger partial charge in [-0.2, -0.15) is 23.2 Å². The third-order valence-corrected chi connectivity index (χ3v) is 8.71. The summed E-state index contributed by atoms with van der Waals surface area (Å²) in [6.45, 7) is -0.849. The Morgan fingerprint density at radius 1 is 1.08 bits per heavy atom. The highest BCUT2D eigenvalue weighted by Crippen LogP contribution is 2.38. The zero-order valence-electron chi connectivity index (χ0n) is 26.8. The summed E-state index contributed by atoms with van der Waals surface area (Å²) in [7, 11) is -2.98. The number of aryl methyl sites for hydroxylation is 1. The summed E-state index contributed by atoms with van der Waals surface area (Å²) in [5.41, 5.74) is 3.39.